The summed E-state index contributed by atoms with van der Waals surface area (Å²) in [5, 5.41) is 19.6. The lowest BCUT2D eigenvalue weighted by Gasteiger charge is -2.30. The van der Waals surface area contributed by atoms with Crippen molar-refractivity contribution in [2.24, 2.45) is 5.92 Å². The van der Waals surface area contributed by atoms with Crippen LogP contribution in [-0.4, -0.2) is 16.2 Å². The van der Waals surface area contributed by atoms with Gasteiger partial charge in [0.25, 0.3) is 0 Å². The van der Waals surface area contributed by atoms with Crippen LogP contribution >= 0.6 is 0 Å². The summed E-state index contributed by atoms with van der Waals surface area (Å²) in [7, 11) is 0. The topological polar surface area (TPSA) is 57.5 Å². The number of carbonyl (C=O) groups is 1. The van der Waals surface area contributed by atoms with E-state index in [2.05, 4.69) is 0 Å². The highest BCUT2D eigenvalue weighted by atomic mass is 16.4. The molecule has 0 heterocycles. The molecule has 1 rings (SSSR count). The van der Waals surface area contributed by atoms with E-state index >= 15 is 0 Å². The van der Waals surface area contributed by atoms with Gasteiger partial charge in [0.2, 0.25) is 0 Å². The third kappa shape index (κ3) is 2.67. The molecular weight excluding hydrogens is 216 g/mol. The molecule has 0 spiro atoms. The van der Waals surface area contributed by atoms with Crippen LogP contribution in [0.4, 0.5) is 0 Å². The Bertz CT molecular complexity index is 421. The maximum atomic E-state index is 11.1. The first kappa shape index (κ1) is 13.7. The highest BCUT2D eigenvalue weighted by Crippen LogP contribution is 2.32. The van der Waals surface area contributed by atoms with Crippen molar-refractivity contribution in [2.75, 3.05) is 0 Å². The van der Waals surface area contributed by atoms with Crippen molar-refractivity contribution in [1.29, 1.82) is 0 Å². The summed E-state index contributed by atoms with van der Waals surface area (Å²) in [5.74, 6) is -1.75. The van der Waals surface area contributed by atoms with E-state index in [1.165, 1.54) is 0 Å². The standard InChI is InChI=1S/C14H20O3/c1-5-12(13(15)16)14(4,17)11-7-6-9(2)10(3)8-11/h6-8,12,17H,5H2,1-4H3,(H,15,16). The molecule has 0 radical (unpaired) electrons. The molecule has 3 nitrogen and oxygen atoms in total. The molecule has 2 atom stereocenters. The number of aliphatic carboxylic acids is 1. The summed E-state index contributed by atoms with van der Waals surface area (Å²) in [6.07, 6.45) is 0.398. The molecule has 2 unspecified atom stereocenters. The summed E-state index contributed by atoms with van der Waals surface area (Å²) in [5.41, 5.74) is 1.52. The van der Waals surface area contributed by atoms with Crippen LogP contribution in [0.3, 0.4) is 0 Å². The molecule has 2 N–H and O–H groups in total. The number of benzene rings is 1. The van der Waals surface area contributed by atoms with E-state index in [-0.39, 0.29) is 0 Å². The molecule has 0 aliphatic carbocycles. The molecule has 3 heteroatoms. The lowest BCUT2D eigenvalue weighted by molar-refractivity contribution is -0.152. The average molecular weight is 236 g/mol. The van der Waals surface area contributed by atoms with Crippen molar-refractivity contribution < 1.29 is 15.0 Å². The third-order valence-corrected chi connectivity index (χ3v) is 3.48. The Balaban J connectivity index is 3.19. The van der Waals surface area contributed by atoms with Gasteiger partial charge in [0.15, 0.2) is 0 Å². The van der Waals surface area contributed by atoms with E-state index in [1.54, 1.807) is 19.9 Å². The number of carboxylic acid groups (broad SMARTS) is 1. The minimum atomic E-state index is -1.33. The second kappa shape index (κ2) is 4.88. The Morgan fingerprint density at radius 2 is 1.94 bits per heavy atom. The first-order valence-electron chi connectivity index (χ1n) is 5.83. The molecule has 0 bridgehead atoms. The summed E-state index contributed by atoms with van der Waals surface area (Å²) in [6, 6.07) is 5.57. The smallest absolute Gasteiger partial charge is 0.309 e. The van der Waals surface area contributed by atoms with Gasteiger partial charge in [-0.15, -0.1) is 0 Å². The van der Waals surface area contributed by atoms with Gasteiger partial charge in [0, 0.05) is 0 Å². The number of hydrogen-bond donors (Lipinski definition) is 2. The predicted octanol–water partition coefficient (Wildman–Crippen LogP) is 2.62. The van der Waals surface area contributed by atoms with Gasteiger partial charge in [-0.2, -0.15) is 0 Å². The summed E-state index contributed by atoms with van der Waals surface area (Å²) >= 11 is 0. The summed E-state index contributed by atoms with van der Waals surface area (Å²) < 4.78 is 0. The molecule has 1 aromatic carbocycles. The van der Waals surface area contributed by atoms with Crippen molar-refractivity contribution >= 4 is 5.97 Å². The molecule has 0 fully saturated rings. The van der Waals surface area contributed by atoms with E-state index in [4.69, 9.17) is 5.11 Å². The van der Waals surface area contributed by atoms with Gasteiger partial charge in [-0.25, -0.2) is 0 Å². The third-order valence-electron chi connectivity index (χ3n) is 3.48. The van der Waals surface area contributed by atoms with Crippen LogP contribution in [0, 0.1) is 19.8 Å². The van der Waals surface area contributed by atoms with E-state index in [0.29, 0.717) is 12.0 Å². The normalized spacial score (nSPS) is 16.3. The molecular formula is C14H20O3. The van der Waals surface area contributed by atoms with Crippen molar-refractivity contribution in [1.82, 2.24) is 0 Å². The van der Waals surface area contributed by atoms with Crippen molar-refractivity contribution in [3.05, 3.63) is 34.9 Å². The Kier molecular flexibility index (Phi) is 3.94. The zero-order valence-corrected chi connectivity index (χ0v) is 10.8. The van der Waals surface area contributed by atoms with E-state index in [9.17, 15) is 9.90 Å². The molecule has 0 aromatic heterocycles. The van der Waals surface area contributed by atoms with Crippen molar-refractivity contribution in [3.8, 4) is 0 Å². The first-order chi connectivity index (χ1) is 7.80. The maximum Gasteiger partial charge on any atom is 0.309 e. The second-order valence-electron chi connectivity index (χ2n) is 4.75. The van der Waals surface area contributed by atoms with E-state index in [0.717, 1.165) is 11.1 Å². The Morgan fingerprint density at radius 1 is 1.35 bits per heavy atom. The van der Waals surface area contributed by atoms with Crippen molar-refractivity contribution in [2.45, 2.75) is 39.7 Å². The predicted molar refractivity (Wildman–Crippen MR) is 66.9 cm³/mol. The first-order valence-corrected chi connectivity index (χ1v) is 5.83. The average Bonchev–Trinajstić information content (AvgIpc) is 2.21. The zero-order chi connectivity index (χ0) is 13.2. The Morgan fingerprint density at radius 3 is 2.35 bits per heavy atom. The van der Waals surface area contributed by atoms with Crippen LogP contribution in [0.5, 0.6) is 0 Å². The van der Waals surface area contributed by atoms with Gasteiger partial charge >= 0.3 is 5.97 Å². The van der Waals surface area contributed by atoms with Crippen LogP contribution in [-0.2, 0) is 10.4 Å². The lowest BCUT2D eigenvalue weighted by atomic mass is 9.80. The van der Waals surface area contributed by atoms with Gasteiger partial charge in [-0.3, -0.25) is 4.79 Å². The minimum absolute atomic E-state index is 0.398. The fourth-order valence-electron chi connectivity index (χ4n) is 2.07. The largest absolute Gasteiger partial charge is 0.481 e. The van der Waals surface area contributed by atoms with E-state index < -0.39 is 17.5 Å². The molecule has 0 aliphatic heterocycles. The number of aryl methyl sites for hydroxylation is 2. The fourth-order valence-corrected chi connectivity index (χ4v) is 2.07. The van der Waals surface area contributed by atoms with Crippen LogP contribution in [0.1, 0.15) is 37.0 Å². The molecule has 0 saturated carbocycles. The van der Waals surface area contributed by atoms with Crippen LogP contribution in [0.15, 0.2) is 18.2 Å². The number of hydrogen-bond acceptors (Lipinski definition) is 2. The number of rotatable bonds is 4. The van der Waals surface area contributed by atoms with Gasteiger partial charge in [0.05, 0.1) is 5.92 Å². The van der Waals surface area contributed by atoms with Crippen LogP contribution < -0.4 is 0 Å². The summed E-state index contributed by atoms with van der Waals surface area (Å²) in [6.45, 7) is 7.28. The highest BCUT2D eigenvalue weighted by Gasteiger charge is 2.37. The SMILES string of the molecule is CCC(C(=O)O)C(C)(O)c1ccc(C)c(C)c1. The fraction of sp³-hybridized carbons (Fsp3) is 0.500. The molecule has 94 valence electrons. The van der Waals surface area contributed by atoms with Gasteiger partial charge < -0.3 is 10.2 Å². The van der Waals surface area contributed by atoms with Gasteiger partial charge in [0.1, 0.15) is 5.60 Å². The maximum absolute atomic E-state index is 11.1. The lowest BCUT2D eigenvalue weighted by Crippen LogP contribution is -2.36. The minimum Gasteiger partial charge on any atom is -0.481 e. The van der Waals surface area contributed by atoms with Crippen molar-refractivity contribution in [3.63, 3.8) is 0 Å². The van der Waals surface area contributed by atoms with Gasteiger partial charge in [-0.05, 0) is 43.9 Å². The van der Waals surface area contributed by atoms with Crippen LogP contribution in [0.25, 0.3) is 0 Å². The van der Waals surface area contributed by atoms with Crippen LogP contribution in [0.2, 0.25) is 0 Å². The van der Waals surface area contributed by atoms with E-state index in [1.807, 2.05) is 26.0 Å². The quantitative estimate of drug-likeness (QED) is 0.845. The number of carboxylic acids is 1. The molecule has 17 heavy (non-hydrogen) atoms. The monoisotopic (exact) mass is 236 g/mol. The second-order valence-corrected chi connectivity index (χ2v) is 4.75. The van der Waals surface area contributed by atoms with Gasteiger partial charge in [-0.1, -0.05) is 25.1 Å². The Hall–Kier alpha value is -1.35. The summed E-state index contributed by atoms with van der Waals surface area (Å²) in [4.78, 5) is 11.1. The molecule has 1 aromatic rings. The number of aliphatic hydroxyl groups is 1. The molecule has 0 amide bonds. The zero-order valence-electron chi connectivity index (χ0n) is 10.8. The molecule has 0 aliphatic rings. The highest BCUT2D eigenvalue weighted by molar-refractivity contribution is 5.71. The Labute approximate surface area is 102 Å². The molecule has 0 saturated heterocycles.